The third-order valence-corrected chi connectivity index (χ3v) is 6.44. The van der Waals surface area contributed by atoms with E-state index in [4.69, 9.17) is 6.57 Å². The van der Waals surface area contributed by atoms with Gasteiger partial charge in [-0.25, -0.2) is 15.0 Å². The summed E-state index contributed by atoms with van der Waals surface area (Å²) in [6.45, 7) is 15.6. The normalized spacial score (nSPS) is 13.3. The summed E-state index contributed by atoms with van der Waals surface area (Å²) in [4.78, 5) is 4.49. The molecule has 2 rings (SSSR count). The second kappa shape index (κ2) is 7.00. The third-order valence-electron chi connectivity index (χ3n) is 3.36. The van der Waals surface area contributed by atoms with Crippen LogP contribution >= 0.6 is 11.8 Å². The van der Waals surface area contributed by atoms with Crippen LogP contribution in [0.2, 0.25) is 0 Å². The van der Waals surface area contributed by atoms with Gasteiger partial charge in [0.2, 0.25) is 0 Å². The van der Waals surface area contributed by atoms with Gasteiger partial charge in [-0.15, -0.1) is 11.8 Å². The number of rotatable bonds is 4. The van der Waals surface area contributed by atoms with Gasteiger partial charge < -0.3 is 0 Å². The van der Waals surface area contributed by atoms with Crippen molar-refractivity contribution in [2.45, 2.75) is 47.6 Å². The van der Waals surface area contributed by atoms with Gasteiger partial charge in [0, 0.05) is 9.64 Å². The van der Waals surface area contributed by atoms with Crippen molar-refractivity contribution in [2.75, 3.05) is 0 Å². The molecule has 126 valence electrons. The maximum Gasteiger partial charge on any atom is 0.351 e. The van der Waals surface area contributed by atoms with Crippen molar-refractivity contribution in [1.29, 1.82) is 0 Å². The molecule has 0 unspecified atom stereocenters. The number of thioether (sulfide) groups is 1. The van der Waals surface area contributed by atoms with Crippen molar-refractivity contribution < 1.29 is 8.42 Å². The molecule has 0 saturated heterocycles. The van der Waals surface area contributed by atoms with Crippen LogP contribution in [-0.4, -0.2) is 13.2 Å². The standard InChI is InChI=1S/C19H21NO2S2/c1-14-10-12-15(13-11-14)24(21,22)18(20-5)16-8-6-7-9-17(16)23-19(2,3)4/h6-13,18H,1-4H3/t18-/m0/s1. The summed E-state index contributed by atoms with van der Waals surface area (Å²) < 4.78 is 25.9. The fourth-order valence-corrected chi connectivity index (χ4v) is 4.90. The predicted molar refractivity (Wildman–Crippen MR) is 99.8 cm³/mol. The van der Waals surface area contributed by atoms with Crippen molar-refractivity contribution >= 4 is 21.6 Å². The Morgan fingerprint density at radius 2 is 1.62 bits per heavy atom. The Morgan fingerprint density at radius 3 is 2.17 bits per heavy atom. The van der Waals surface area contributed by atoms with E-state index in [1.165, 1.54) is 0 Å². The molecule has 0 fully saturated rings. The lowest BCUT2D eigenvalue weighted by Gasteiger charge is -2.20. The van der Waals surface area contributed by atoms with Crippen LogP contribution < -0.4 is 0 Å². The van der Waals surface area contributed by atoms with Crippen molar-refractivity contribution in [1.82, 2.24) is 0 Å². The molecule has 2 aromatic rings. The first-order valence-electron chi connectivity index (χ1n) is 7.60. The van der Waals surface area contributed by atoms with Gasteiger partial charge in [0.1, 0.15) is 0 Å². The number of sulfone groups is 1. The molecule has 5 heteroatoms. The van der Waals surface area contributed by atoms with E-state index in [9.17, 15) is 8.42 Å². The largest absolute Gasteiger partial charge is 0.351 e. The number of hydrogen-bond donors (Lipinski definition) is 0. The number of hydrogen-bond acceptors (Lipinski definition) is 3. The maximum atomic E-state index is 13.0. The van der Waals surface area contributed by atoms with Crippen molar-refractivity contribution in [3.05, 3.63) is 71.1 Å². The highest BCUT2D eigenvalue weighted by molar-refractivity contribution is 8.00. The molecule has 0 heterocycles. The highest BCUT2D eigenvalue weighted by Gasteiger charge is 2.36. The van der Waals surface area contributed by atoms with Gasteiger partial charge in [-0.3, -0.25) is 4.85 Å². The van der Waals surface area contributed by atoms with Crippen LogP contribution in [0.5, 0.6) is 0 Å². The summed E-state index contributed by atoms with van der Waals surface area (Å²) >= 11 is 1.58. The lowest BCUT2D eigenvalue weighted by Crippen LogP contribution is -2.13. The molecule has 24 heavy (non-hydrogen) atoms. The summed E-state index contributed by atoms with van der Waals surface area (Å²) in [5, 5.41) is -1.23. The van der Waals surface area contributed by atoms with E-state index in [2.05, 4.69) is 25.6 Å². The van der Waals surface area contributed by atoms with Crippen LogP contribution in [0.15, 0.2) is 58.3 Å². The van der Waals surface area contributed by atoms with E-state index < -0.39 is 15.2 Å². The van der Waals surface area contributed by atoms with E-state index in [1.807, 2.05) is 19.1 Å². The Bertz CT molecular complexity index is 857. The molecule has 0 amide bonds. The van der Waals surface area contributed by atoms with Gasteiger partial charge in [-0.1, -0.05) is 50.6 Å². The molecule has 0 saturated carbocycles. The predicted octanol–water partition coefficient (Wildman–Crippen LogP) is 5.28. The quantitative estimate of drug-likeness (QED) is 0.551. The van der Waals surface area contributed by atoms with Crippen LogP contribution in [0.1, 0.15) is 37.3 Å². The number of aryl methyl sites for hydroxylation is 1. The van der Waals surface area contributed by atoms with E-state index in [0.29, 0.717) is 5.56 Å². The van der Waals surface area contributed by atoms with E-state index in [0.717, 1.165) is 10.5 Å². The van der Waals surface area contributed by atoms with Crippen molar-refractivity contribution in [2.24, 2.45) is 0 Å². The van der Waals surface area contributed by atoms with E-state index >= 15 is 0 Å². The molecule has 2 aromatic carbocycles. The lowest BCUT2D eigenvalue weighted by atomic mass is 10.2. The van der Waals surface area contributed by atoms with Crippen LogP contribution in [0.4, 0.5) is 0 Å². The molecular formula is C19H21NO2S2. The molecule has 0 radical (unpaired) electrons. The van der Waals surface area contributed by atoms with Gasteiger partial charge in [-0.2, -0.15) is 0 Å². The summed E-state index contributed by atoms with van der Waals surface area (Å²) in [5.41, 5.74) is 1.53. The van der Waals surface area contributed by atoms with Crippen LogP contribution in [0, 0.1) is 13.5 Å². The molecule has 0 bridgehead atoms. The van der Waals surface area contributed by atoms with Crippen LogP contribution in [-0.2, 0) is 9.84 Å². The molecule has 0 aromatic heterocycles. The fourth-order valence-electron chi connectivity index (χ4n) is 2.27. The molecule has 1 atom stereocenters. The summed E-state index contributed by atoms with van der Waals surface area (Å²) in [5.74, 6) is 0. The highest BCUT2D eigenvalue weighted by Crippen LogP contribution is 2.40. The summed E-state index contributed by atoms with van der Waals surface area (Å²) in [6.07, 6.45) is 0. The zero-order valence-electron chi connectivity index (χ0n) is 14.3. The smallest absolute Gasteiger partial charge is 0.291 e. The van der Waals surface area contributed by atoms with Gasteiger partial charge in [0.15, 0.2) is 0 Å². The summed E-state index contributed by atoms with van der Waals surface area (Å²) in [7, 11) is -3.77. The second-order valence-corrected chi connectivity index (χ2v) is 10.5. The molecule has 0 aliphatic carbocycles. The van der Waals surface area contributed by atoms with E-state index in [-0.39, 0.29) is 9.64 Å². The zero-order valence-corrected chi connectivity index (χ0v) is 15.9. The van der Waals surface area contributed by atoms with Crippen molar-refractivity contribution in [3.63, 3.8) is 0 Å². The average Bonchev–Trinajstić information content (AvgIpc) is 2.48. The molecule has 0 spiro atoms. The third kappa shape index (κ3) is 4.19. The van der Waals surface area contributed by atoms with Gasteiger partial charge >= 0.3 is 5.37 Å². The minimum atomic E-state index is -3.77. The number of nitrogens with zero attached hydrogens (tertiary/aromatic N) is 1. The minimum Gasteiger partial charge on any atom is -0.291 e. The Kier molecular flexibility index (Phi) is 5.42. The summed E-state index contributed by atoms with van der Waals surface area (Å²) in [6, 6.07) is 13.9. The SMILES string of the molecule is [C-]#[N+][C@H](c1ccccc1SC(C)(C)C)S(=O)(=O)c1ccc(C)cc1. The average molecular weight is 360 g/mol. The molecule has 0 aliphatic rings. The van der Waals surface area contributed by atoms with Crippen LogP contribution in [0.25, 0.3) is 4.85 Å². The molecule has 0 N–H and O–H groups in total. The van der Waals surface area contributed by atoms with E-state index in [1.54, 1.807) is 48.2 Å². The maximum absolute atomic E-state index is 13.0. The molecule has 0 aliphatic heterocycles. The first-order valence-corrected chi connectivity index (χ1v) is 9.96. The molecule has 3 nitrogen and oxygen atoms in total. The monoisotopic (exact) mass is 359 g/mol. The topological polar surface area (TPSA) is 38.5 Å². The van der Waals surface area contributed by atoms with Gasteiger partial charge in [0.05, 0.1) is 10.5 Å². The Balaban J connectivity index is 2.53. The second-order valence-electron chi connectivity index (χ2n) is 6.59. The Labute approximate surface area is 148 Å². The zero-order chi connectivity index (χ0) is 18.0. The Hall–Kier alpha value is -1.77. The first kappa shape index (κ1) is 18.6. The van der Waals surface area contributed by atoms with Gasteiger partial charge in [0.25, 0.3) is 9.84 Å². The van der Waals surface area contributed by atoms with Crippen LogP contribution in [0.3, 0.4) is 0 Å². The Morgan fingerprint density at radius 1 is 1.04 bits per heavy atom. The lowest BCUT2D eigenvalue weighted by molar-refractivity contribution is 0.589. The van der Waals surface area contributed by atoms with Crippen molar-refractivity contribution in [3.8, 4) is 0 Å². The number of benzene rings is 2. The first-order chi connectivity index (χ1) is 11.1. The fraction of sp³-hybridized carbons (Fsp3) is 0.316. The molecular weight excluding hydrogens is 338 g/mol. The minimum absolute atomic E-state index is 0.0731. The van der Waals surface area contributed by atoms with Gasteiger partial charge in [-0.05, 0) is 31.2 Å². The highest BCUT2D eigenvalue weighted by atomic mass is 32.2.